The molecule has 1 aromatic carbocycles. The van der Waals surface area contributed by atoms with Gasteiger partial charge in [0, 0.05) is 40.6 Å². The van der Waals surface area contributed by atoms with Crippen molar-refractivity contribution in [3.8, 4) is 22.6 Å². The molecule has 0 aliphatic heterocycles. The molecule has 0 atom stereocenters. The fourth-order valence-electron chi connectivity index (χ4n) is 2.97. The highest BCUT2D eigenvalue weighted by Gasteiger charge is 2.14. The van der Waals surface area contributed by atoms with E-state index in [0.717, 1.165) is 43.8 Å². The molecule has 114 valence electrons. The summed E-state index contributed by atoms with van der Waals surface area (Å²) in [6.45, 7) is 0. The lowest BCUT2D eigenvalue weighted by Gasteiger charge is -2.07. The van der Waals surface area contributed by atoms with Gasteiger partial charge in [-0.3, -0.25) is 4.98 Å². The average molecular weight is 328 g/mol. The molecule has 4 heterocycles. The monoisotopic (exact) mass is 328 g/mol. The van der Waals surface area contributed by atoms with Crippen molar-refractivity contribution in [3.63, 3.8) is 0 Å². The molecule has 0 spiro atoms. The van der Waals surface area contributed by atoms with Gasteiger partial charge in [0.2, 0.25) is 0 Å². The number of fused-ring (bicyclic) bond motifs is 2. The van der Waals surface area contributed by atoms with E-state index in [-0.39, 0.29) is 0 Å². The first kappa shape index (κ1) is 13.4. The van der Waals surface area contributed by atoms with Crippen LogP contribution in [0.1, 0.15) is 0 Å². The van der Waals surface area contributed by atoms with E-state index in [9.17, 15) is 0 Å². The fourth-order valence-corrected chi connectivity index (χ4v) is 3.81. The lowest BCUT2D eigenvalue weighted by molar-refractivity contribution is 1.23. The Bertz CT molecular complexity index is 1160. The molecule has 0 radical (unpaired) electrons. The van der Waals surface area contributed by atoms with Crippen molar-refractivity contribution in [2.24, 2.45) is 0 Å². The summed E-state index contributed by atoms with van der Waals surface area (Å²) in [5.74, 6) is 0.748. The van der Waals surface area contributed by atoms with Gasteiger partial charge in [-0.1, -0.05) is 12.1 Å². The SMILES string of the molecule is c1cc(-c2nc(-c3ccncc3)c3sccc3n2)c2cc[nH]c2c1. The Morgan fingerprint density at radius 2 is 1.83 bits per heavy atom. The van der Waals surface area contributed by atoms with Gasteiger partial charge >= 0.3 is 0 Å². The number of aromatic nitrogens is 4. The van der Waals surface area contributed by atoms with E-state index < -0.39 is 0 Å². The van der Waals surface area contributed by atoms with Gasteiger partial charge in [-0.05, 0) is 35.7 Å². The van der Waals surface area contributed by atoms with Gasteiger partial charge in [-0.2, -0.15) is 0 Å². The van der Waals surface area contributed by atoms with Crippen molar-refractivity contribution in [3.05, 3.63) is 66.4 Å². The van der Waals surface area contributed by atoms with Crippen molar-refractivity contribution < 1.29 is 0 Å². The highest BCUT2D eigenvalue weighted by atomic mass is 32.1. The maximum Gasteiger partial charge on any atom is 0.161 e. The summed E-state index contributed by atoms with van der Waals surface area (Å²) in [6.07, 6.45) is 5.54. The topological polar surface area (TPSA) is 54.5 Å². The Kier molecular flexibility index (Phi) is 2.93. The van der Waals surface area contributed by atoms with E-state index in [4.69, 9.17) is 9.97 Å². The molecule has 5 heteroatoms. The first-order chi connectivity index (χ1) is 11.9. The van der Waals surface area contributed by atoms with Crippen molar-refractivity contribution in [2.45, 2.75) is 0 Å². The first-order valence-electron chi connectivity index (χ1n) is 7.62. The number of H-pyrrole nitrogens is 1. The maximum atomic E-state index is 4.90. The van der Waals surface area contributed by atoms with E-state index in [1.165, 1.54) is 0 Å². The van der Waals surface area contributed by atoms with Crippen LogP contribution >= 0.6 is 11.3 Å². The predicted octanol–water partition coefficient (Wildman–Crippen LogP) is 4.90. The molecular formula is C19H12N4S. The van der Waals surface area contributed by atoms with Crippen LogP contribution < -0.4 is 0 Å². The molecule has 4 nitrogen and oxygen atoms in total. The number of pyridine rings is 1. The smallest absolute Gasteiger partial charge is 0.161 e. The van der Waals surface area contributed by atoms with Crippen LogP contribution in [0.15, 0.2) is 66.4 Å². The molecule has 0 saturated carbocycles. The number of aromatic amines is 1. The van der Waals surface area contributed by atoms with Gasteiger partial charge in [0.25, 0.3) is 0 Å². The Labute approximate surface area is 141 Å². The zero-order valence-electron chi connectivity index (χ0n) is 12.6. The Hall–Kier alpha value is -3.05. The van der Waals surface area contributed by atoms with Crippen molar-refractivity contribution >= 4 is 32.5 Å². The maximum absolute atomic E-state index is 4.90. The van der Waals surface area contributed by atoms with Gasteiger partial charge in [0.05, 0.1) is 15.9 Å². The summed E-state index contributed by atoms with van der Waals surface area (Å²) in [5, 5.41) is 3.19. The molecule has 24 heavy (non-hydrogen) atoms. The number of nitrogens with zero attached hydrogens (tertiary/aromatic N) is 3. The van der Waals surface area contributed by atoms with E-state index in [0.29, 0.717) is 0 Å². The summed E-state index contributed by atoms with van der Waals surface area (Å²) >= 11 is 1.67. The predicted molar refractivity (Wildman–Crippen MR) is 97.9 cm³/mol. The van der Waals surface area contributed by atoms with E-state index in [1.807, 2.05) is 30.5 Å². The van der Waals surface area contributed by atoms with Crippen LogP contribution in [0.4, 0.5) is 0 Å². The highest BCUT2D eigenvalue weighted by molar-refractivity contribution is 7.17. The van der Waals surface area contributed by atoms with Gasteiger partial charge in [-0.15, -0.1) is 11.3 Å². The van der Waals surface area contributed by atoms with Gasteiger partial charge < -0.3 is 4.98 Å². The number of nitrogens with one attached hydrogen (secondary N) is 1. The molecule has 0 bridgehead atoms. The van der Waals surface area contributed by atoms with Crippen LogP contribution in [0, 0.1) is 0 Å². The van der Waals surface area contributed by atoms with E-state index in [2.05, 4.69) is 33.5 Å². The molecule has 5 aromatic rings. The molecule has 1 N–H and O–H groups in total. The Morgan fingerprint density at radius 3 is 2.75 bits per heavy atom. The fraction of sp³-hybridized carbons (Fsp3) is 0. The van der Waals surface area contributed by atoms with E-state index in [1.54, 1.807) is 23.7 Å². The minimum absolute atomic E-state index is 0.748. The van der Waals surface area contributed by atoms with Crippen LogP contribution in [0.5, 0.6) is 0 Å². The second kappa shape index (κ2) is 5.25. The third-order valence-corrected chi connectivity index (χ3v) is 5.00. The largest absolute Gasteiger partial charge is 0.361 e. The summed E-state index contributed by atoms with van der Waals surface area (Å²) in [7, 11) is 0. The molecule has 0 aliphatic carbocycles. The summed E-state index contributed by atoms with van der Waals surface area (Å²) in [4.78, 5) is 17.0. The van der Waals surface area contributed by atoms with Crippen LogP contribution in [0.3, 0.4) is 0 Å². The number of rotatable bonds is 2. The molecule has 0 amide bonds. The van der Waals surface area contributed by atoms with Crippen LogP contribution in [0.25, 0.3) is 43.8 Å². The zero-order chi connectivity index (χ0) is 15.9. The lowest BCUT2D eigenvalue weighted by Crippen LogP contribution is -1.93. The number of benzene rings is 1. The van der Waals surface area contributed by atoms with Gasteiger partial charge in [0.1, 0.15) is 0 Å². The summed E-state index contributed by atoms with van der Waals surface area (Å²) in [6, 6.07) is 14.3. The Balaban J connectivity index is 1.83. The van der Waals surface area contributed by atoms with Gasteiger partial charge in [-0.25, -0.2) is 9.97 Å². The Morgan fingerprint density at radius 1 is 0.917 bits per heavy atom. The molecule has 0 unspecified atom stereocenters. The third kappa shape index (κ3) is 2.02. The minimum atomic E-state index is 0.748. The quantitative estimate of drug-likeness (QED) is 0.501. The summed E-state index contributed by atoms with van der Waals surface area (Å²) in [5.41, 5.74) is 5.12. The normalized spacial score (nSPS) is 11.3. The first-order valence-corrected chi connectivity index (χ1v) is 8.50. The van der Waals surface area contributed by atoms with Crippen molar-refractivity contribution in [1.82, 2.24) is 19.9 Å². The molecule has 4 aromatic heterocycles. The average Bonchev–Trinajstić information content (AvgIpc) is 3.30. The zero-order valence-corrected chi connectivity index (χ0v) is 13.4. The molecule has 5 rings (SSSR count). The number of hydrogen-bond donors (Lipinski definition) is 1. The highest BCUT2D eigenvalue weighted by Crippen LogP contribution is 2.33. The molecule has 0 fully saturated rings. The second-order valence-corrected chi connectivity index (χ2v) is 6.43. The molecule has 0 aliphatic rings. The van der Waals surface area contributed by atoms with Gasteiger partial charge in [0.15, 0.2) is 5.82 Å². The van der Waals surface area contributed by atoms with Crippen molar-refractivity contribution in [2.75, 3.05) is 0 Å². The van der Waals surface area contributed by atoms with Crippen LogP contribution in [-0.4, -0.2) is 19.9 Å². The second-order valence-electron chi connectivity index (χ2n) is 5.51. The van der Waals surface area contributed by atoms with Crippen molar-refractivity contribution in [1.29, 1.82) is 0 Å². The number of hydrogen-bond acceptors (Lipinski definition) is 4. The van der Waals surface area contributed by atoms with Crippen LogP contribution in [-0.2, 0) is 0 Å². The third-order valence-electron chi connectivity index (χ3n) is 4.09. The van der Waals surface area contributed by atoms with Crippen LogP contribution in [0.2, 0.25) is 0 Å². The minimum Gasteiger partial charge on any atom is -0.361 e. The molecular weight excluding hydrogens is 316 g/mol. The summed E-state index contributed by atoms with van der Waals surface area (Å²) < 4.78 is 1.10. The van der Waals surface area contributed by atoms with E-state index >= 15 is 0 Å². The molecule has 0 saturated heterocycles. The standard InChI is InChI=1S/C19H12N4S/c1-2-14(13-6-10-21-15(13)3-1)19-22-16-7-11-24-18(16)17(23-19)12-4-8-20-9-5-12/h1-11,21H. The lowest BCUT2D eigenvalue weighted by atomic mass is 10.1. The number of thiophene rings is 1.